The molecule has 1 fully saturated rings. The summed E-state index contributed by atoms with van der Waals surface area (Å²) in [6.07, 6.45) is 2.37. The Kier molecular flexibility index (Phi) is 9.51. The summed E-state index contributed by atoms with van der Waals surface area (Å²) < 4.78 is 0. The van der Waals surface area contributed by atoms with Crippen molar-refractivity contribution >= 4 is 41.3 Å². The predicted molar refractivity (Wildman–Crippen MR) is 115 cm³/mol. The molecular formula is C17H32IN5S. The number of nitrogens with one attached hydrogen (secondary N) is 2. The Balaban J connectivity index is 0.00000288. The summed E-state index contributed by atoms with van der Waals surface area (Å²) in [6, 6.07) is 0.518. The van der Waals surface area contributed by atoms with Crippen molar-refractivity contribution < 1.29 is 0 Å². The lowest BCUT2D eigenvalue weighted by atomic mass is 10.0. The molecular weight excluding hydrogens is 433 g/mol. The van der Waals surface area contributed by atoms with Crippen LogP contribution in [-0.4, -0.2) is 48.6 Å². The minimum absolute atomic E-state index is 0. The van der Waals surface area contributed by atoms with Gasteiger partial charge in [-0.2, -0.15) is 0 Å². The van der Waals surface area contributed by atoms with E-state index >= 15 is 0 Å². The van der Waals surface area contributed by atoms with E-state index in [1.165, 1.54) is 37.4 Å². The standard InChI is InChI=1S/C17H31N5S.HI/c1-12(2)11-22-8-6-15(7-9-22)21-17(18-5)19-10-16-20-13(3)14(4)23-16;/h12,15H,6-11H2,1-5H3,(H2,18,19,21);1H. The predicted octanol–water partition coefficient (Wildman–Crippen LogP) is 3.16. The molecule has 1 aromatic rings. The quantitative estimate of drug-likeness (QED) is 0.399. The molecule has 0 bridgehead atoms. The van der Waals surface area contributed by atoms with Gasteiger partial charge in [-0.25, -0.2) is 4.98 Å². The van der Waals surface area contributed by atoms with Crippen LogP contribution >= 0.6 is 35.3 Å². The zero-order valence-corrected chi connectivity index (χ0v) is 18.7. The van der Waals surface area contributed by atoms with Gasteiger partial charge in [0.25, 0.3) is 0 Å². The average Bonchev–Trinajstić information content (AvgIpc) is 2.83. The Morgan fingerprint density at radius 3 is 2.50 bits per heavy atom. The number of aliphatic imine (C=N–C) groups is 1. The van der Waals surface area contributed by atoms with Crippen LogP contribution in [-0.2, 0) is 6.54 Å². The number of likely N-dealkylation sites (tertiary alicyclic amines) is 1. The summed E-state index contributed by atoms with van der Waals surface area (Å²) in [5.41, 5.74) is 1.13. The highest BCUT2D eigenvalue weighted by Crippen LogP contribution is 2.16. The third-order valence-corrected chi connectivity index (χ3v) is 5.33. The van der Waals surface area contributed by atoms with Crippen molar-refractivity contribution in [3.63, 3.8) is 0 Å². The highest BCUT2D eigenvalue weighted by molar-refractivity contribution is 14.0. The molecule has 0 spiro atoms. The molecule has 0 radical (unpaired) electrons. The van der Waals surface area contributed by atoms with Crippen LogP contribution < -0.4 is 10.6 Å². The van der Waals surface area contributed by atoms with E-state index < -0.39 is 0 Å². The van der Waals surface area contributed by atoms with Crippen LogP contribution in [0, 0.1) is 19.8 Å². The lowest BCUT2D eigenvalue weighted by Crippen LogP contribution is -2.48. The molecule has 1 aliphatic heterocycles. The van der Waals surface area contributed by atoms with E-state index in [0.717, 1.165) is 29.1 Å². The number of nitrogens with zero attached hydrogens (tertiary/aromatic N) is 3. The van der Waals surface area contributed by atoms with Crippen LogP contribution in [0.5, 0.6) is 0 Å². The molecule has 2 heterocycles. The monoisotopic (exact) mass is 465 g/mol. The van der Waals surface area contributed by atoms with E-state index in [0.29, 0.717) is 6.04 Å². The topological polar surface area (TPSA) is 52.6 Å². The maximum atomic E-state index is 4.57. The fraction of sp³-hybridized carbons (Fsp3) is 0.765. The molecule has 5 nitrogen and oxygen atoms in total. The molecule has 0 aliphatic carbocycles. The molecule has 0 aromatic carbocycles. The summed E-state index contributed by atoms with van der Waals surface area (Å²) in [5.74, 6) is 1.64. The number of rotatable bonds is 5. The maximum Gasteiger partial charge on any atom is 0.191 e. The van der Waals surface area contributed by atoms with Crippen molar-refractivity contribution in [2.24, 2.45) is 10.9 Å². The van der Waals surface area contributed by atoms with Gasteiger partial charge < -0.3 is 15.5 Å². The summed E-state index contributed by atoms with van der Waals surface area (Å²) in [6.45, 7) is 13.1. The van der Waals surface area contributed by atoms with E-state index in [1.807, 2.05) is 7.05 Å². The average molecular weight is 465 g/mol. The van der Waals surface area contributed by atoms with Crippen molar-refractivity contribution in [1.82, 2.24) is 20.5 Å². The van der Waals surface area contributed by atoms with Gasteiger partial charge in [-0.05, 0) is 32.6 Å². The maximum absolute atomic E-state index is 4.57. The molecule has 1 aliphatic rings. The van der Waals surface area contributed by atoms with Gasteiger partial charge in [0, 0.05) is 37.6 Å². The summed E-state index contributed by atoms with van der Waals surface area (Å²) >= 11 is 1.76. The molecule has 0 saturated carbocycles. The van der Waals surface area contributed by atoms with E-state index in [-0.39, 0.29) is 24.0 Å². The summed E-state index contributed by atoms with van der Waals surface area (Å²) in [4.78, 5) is 12.8. The van der Waals surface area contributed by atoms with Gasteiger partial charge in [-0.1, -0.05) is 13.8 Å². The molecule has 1 saturated heterocycles. The van der Waals surface area contributed by atoms with Gasteiger partial charge >= 0.3 is 0 Å². The Morgan fingerprint density at radius 1 is 1.33 bits per heavy atom. The SMILES string of the molecule is CN=C(NCc1nc(C)c(C)s1)NC1CCN(CC(C)C)CC1.I. The zero-order valence-electron chi connectivity index (χ0n) is 15.6. The van der Waals surface area contributed by atoms with Gasteiger partial charge in [0.2, 0.25) is 0 Å². The van der Waals surface area contributed by atoms with Gasteiger partial charge in [0.1, 0.15) is 5.01 Å². The number of hydrogen-bond acceptors (Lipinski definition) is 4. The summed E-state index contributed by atoms with van der Waals surface area (Å²) in [7, 11) is 1.83. The molecule has 2 rings (SSSR count). The van der Waals surface area contributed by atoms with Crippen molar-refractivity contribution in [2.45, 2.75) is 53.1 Å². The lowest BCUT2D eigenvalue weighted by molar-refractivity contribution is 0.187. The molecule has 138 valence electrons. The van der Waals surface area contributed by atoms with Crippen LogP contribution in [0.4, 0.5) is 0 Å². The lowest BCUT2D eigenvalue weighted by Gasteiger charge is -2.33. The van der Waals surface area contributed by atoms with Gasteiger partial charge in [0.05, 0.1) is 12.2 Å². The van der Waals surface area contributed by atoms with Gasteiger partial charge in [-0.3, -0.25) is 4.99 Å². The number of halogens is 1. The number of aryl methyl sites for hydroxylation is 2. The third-order valence-electron chi connectivity index (χ3n) is 4.26. The van der Waals surface area contributed by atoms with Crippen LogP contribution in [0.3, 0.4) is 0 Å². The van der Waals surface area contributed by atoms with Crippen LogP contribution in [0.25, 0.3) is 0 Å². The summed E-state index contributed by atoms with van der Waals surface area (Å²) in [5, 5.41) is 8.07. The Morgan fingerprint density at radius 2 is 2.00 bits per heavy atom. The smallest absolute Gasteiger partial charge is 0.191 e. The fourth-order valence-electron chi connectivity index (χ4n) is 2.94. The highest BCUT2D eigenvalue weighted by atomic mass is 127. The molecule has 1 aromatic heterocycles. The molecule has 0 atom stereocenters. The first-order valence-electron chi connectivity index (χ1n) is 8.60. The normalized spacial score (nSPS) is 17.0. The van der Waals surface area contributed by atoms with Crippen molar-refractivity contribution in [1.29, 1.82) is 0 Å². The van der Waals surface area contributed by atoms with E-state index in [4.69, 9.17) is 0 Å². The van der Waals surface area contributed by atoms with Crippen LogP contribution in [0.1, 0.15) is 42.3 Å². The van der Waals surface area contributed by atoms with Crippen LogP contribution in [0.2, 0.25) is 0 Å². The minimum Gasteiger partial charge on any atom is -0.354 e. The number of guanidine groups is 1. The van der Waals surface area contributed by atoms with Crippen molar-refractivity contribution in [3.05, 3.63) is 15.6 Å². The van der Waals surface area contributed by atoms with Gasteiger partial charge in [-0.15, -0.1) is 35.3 Å². The fourth-order valence-corrected chi connectivity index (χ4v) is 3.81. The first kappa shape index (κ1) is 21.6. The van der Waals surface area contributed by atoms with Crippen molar-refractivity contribution in [3.8, 4) is 0 Å². The Hall–Kier alpha value is -0.410. The Bertz CT molecular complexity index is 502. The number of thiazole rings is 1. The molecule has 0 amide bonds. The molecule has 7 heteroatoms. The Labute approximate surface area is 167 Å². The largest absolute Gasteiger partial charge is 0.354 e. The first-order chi connectivity index (χ1) is 11.0. The second-order valence-electron chi connectivity index (χ2n) is 6.79. The number of piperidine rings is 1. The molecule has 0 unspecified atom stereocenters. The first-order valence-corrected chi connectivity index (χ1v) is 9.42. The van der Waals surface area contributed by atoms with Gasteiger partial charge in [0.15, 0.2) is 5.96 Å². The number of aromatic nitrogens is 1. The van der Waals surface area contributed by atoms with E-state index in [1.54, 1.807) is 11.3 Å². The zero-order chi connectivity index (χ0) is 16.8. The second-order valence-corrected chi connectivity index (χ2v) is 8.08. The number of hydrogen-bond donors (Lipinski definition) is 2. The molecule has 2 N–H and O–H groups in total. The highest BCUT2D eigenvalue weighted by Gasteiger charge is 2.20. The molecule has 24 heavy (non-hydrogen) atoms. The van der Waals surface area contributed by atoms with E-state index in [9.17, 15) is 0 Å². The second kappa shape index (κ2) is 10.6. The third kappa shape index (κ3) is 6.84. The van der Waals surface area contributed by atoms with Crippen molar-refractivity contribution in [2.75, 3.05) is 26.7 Å². The van der Waals surface area contributed by atoms with E-state index in [2.05, 4.69) is 53.2 Å². The van der Waals surface area contributed by atoms with Crippen LogP contribution in [0.15, 0.2) is 4.99 Å². The minimum atomic E-state index is 0.